The van der Waals surface area contributed by atoms with E-state index in [0.29, 0.717) is 5.88 Å². The summed E-state index contributed by atoms with van der Waals surface area (Å²) < 4.78 is 1.72. The molecule has 0 radical (unpaired) electrons. The molecule has 0 bridgehead atoms. The Bertz CT molecular complexity index is 409. The topological polar surface area (TPSA) is 29.9 Å². The minimum atomic E-state index is 0.0887. The van der Waals surface area contributed by atoms with Crippen molar-refractivity contribution >= 4 is 23.2 Å². The predicted octanol–water partition coefficient (Wildman–Crippen LogP) is 3.41. The lowest BCUT2D eigenvalue weighted by Crippen LogP contribution is -2.48. The average molecular weight is 290 g/mol. The van der Waals surface area contributed by atoms with Crippen LogP contribution in [0.2, 0.25) is 5.15 Å². The van der Waals surface area contributed by atoms with Gasteiger partial charge in [-0.25, -0.2) is 0 Å². The van der Waals surface area contributed by atoms with Crippen LogP contribution in [0.1, 0.15) is 43.4 Å². The minimum Gasteiger partial charge on any atom is -0.306 e. The number of aromatic nitrogens is 2. The Labute approximate surface area is 119 Å². The second kappa shape index (κ2) is 5.81. The van der Waals surface area contributed by atoms with Crippen LogP contribution in [0.15, 0.2) is 0 Å². The van der Waals surface area contributed by atoms with Crippen molar-refractivity contribution in [1.29, 1.82) is 0 Å². The number of alkyl halides is 1. The molecule has 1 aliphatic rings. The minimum absolute atomic E-state index is 0.0887. The second-order valence-electron chi connectivity index (χ2n) is 5.31. The van der Waals surface area contributed by atoms with Crippen LogP contribution in [0.4, 0.5) is 0 Å². The molecule has 1 aromatic rings. The van der Waals surface area contributed by atoms with Gasteiger partial charge in [0.2, 0.25) is 0 Å². The summed E-state index contributed by atoms with van der Waals surface area (Å²) in [5.74, 6) is 0.671. The van der Waals surface area contributed by atoms with Crippen LogP contribution in [-0.2, 0) is 13.6 Å². The van der Waals surface area contributed by atoms with Crippen molar-refractivity contribution in [2.45, 2.75) is 51.1 Å². The molecule has 1 saturated carbocycles. The van der Waals surface area contributed by atoms with Gasteiger partial charge < -0.3 is 5.32 Å². The van der Waals surface area contributed by atoms with Crippen molar-refractivity contribution in [1.82, 2.24) is 15.1 Å². The summed E-state index contributed by atoms with van der Waals surface area (Å²) >= 11 is 12.4. The van der Waals surface area contributed by atoms with E-state index in [1.807, 2.05) is 14.0 Å². The molecule has 1 N–H and O–H groups in total. The Kier molecular flexibility index (Phi) is 4.57. The summed E-state index contributed by atoms with van der Waals surface area (Å²) in [6, 6.07) is 0. The Balaban J connectivity index is 2.05. The van der Waals surface area contributed by atoms with Crippen LogP contribution in [-0.4, -0.2) is 21.2 Å². The molecule has 0 saturated heterocycles. The molecule has 18 heavy (non-hydrogen) atoms. The third-order valence-electron chi connectivity index (χ3n) is 3.98. The fourth-order valence-corrected chi connectivity index (χ4v) is 3.34. The van der Waals surface area contributed by atoms with E-state index in [1.165, 1.54) is 19.3 Å². The Morgan fingerprint density at radius 2 is 2.00 bits per heavy atom. The predicted molar refractivity (Wildman–Crippen MR) is 76.3 cm³/mol. The number of nitrogens with zero attached hydrogens (tertiary/aromatic N) is 2. The maximum Gasteiger partial charge on any atom is 0.131 e. The first kappa shape index (κ1) is 14.2. The standard InChI is InChI=1S/C13H21Cl2N3/c1-10-11(12(15)18(2)17-10)8-16-13(9-14)6-4-3-5-7-13/h16H,3-9H2,1-2H3. The van der Waals surface area contributed by atoms with Crippen molar-refractivity contribution in [3.05, 3.63) is 16.4 Å². The third-order valence-corrected chi connectivity index (χ3v) is 4.96. The van der Waals surface area contributed by atoms with E-state index in [2.05, 4.69) is 10.4 Å². The van der Waals surface area contributed by atoms with E-state index in [4.69, 9.17) is 23.2 Å². The largest absolute Gasteiger partial charge is 0.306 e. The highest BCUT2D eigenvalue weighted by atomic mass is 35.5. The number of halogens is 2. The van der Waals surface area contributed by atoms with E-state index >= 15 is 0 Å². The highest BCUT2D eigenvalue weighted by Crippen LogP contribution is 2.30. The fraction of sp³-hybridized carbons (Fsp3) is 0.769. The normalized spacial score (nSPS) is 19.1. The Morgan fingerprint density at radius 1 is 1.33 bits per heavy atom. The van der Waals surface area contributed by atoms with Crippen LogP contribution in [0.25, 0.3) is 0 Å². The number of rotatable bonds is 4. The zero-order valence-electron chi connectivity index (χ0n) is 11.1. The van der Waals surface area contributed by atoms with Gasteiger partial charge in [-0.2, -0.15) is 5.10 Å². The second-order valence-corrected chi connectivity index (χ2v) is 5.93. The van der Waals surface area contributed by atoms with Crippen LogP contribution in [0.3, 0.4) is 0 Å². The highest BCUT2D eigenvalue weighted by Gasteiger charge is 2.31. The molecule has 102 valence electrons. The van der Waals surface area contributed by atoms with Gasteiger partial charge in [-0.15, -0.1) is 11.6 Å². The maximum absolute atomic E-state index is 6.25. The van der Waals surface area contributed by atoms with Crippen molar-refractivity contribution in [3.8, 4) is 0 Å². The number of hydrogen-bond donors (Lipinski definition) is 1. The zero-order chi connectivity index (χ0) is 13.2. The molecule has 0 spiro atoms. The van der Waals surface area contributed by atoms with Gasteiger partial charge in [0.15, 0.2) is 0 Å². The van der Waals surface area contributed by atoms with Gasteiger partial charge in [0, 0.05) is 30.6 Å². The lowest BCUT2D eigenvalue weighted by atomic mass is 9.83. The lowest BCUT2D eigenvalue weighted by Gasteiger charge is -2.36. The molecule has 1 heterocycles. The van der Waals surface area contributed by atoms with E-state index in [9.17, 15) is 0 Å². The number of nitrogens with one attached hydrogen (secondary N) is 1. The lowest BCUT2D eigenvalue weighted by molar-refractivity contribution is 0.256. The summed E-state index contributed by atoms with van der Waals surface area (Å²) in [5, 5.41) is 8.68. The van der Waals surface area contributed by atoms with Crippen molar-refractivity contribution < 1.29 is 0 Å². The molecule has 1 fully saturated rings. The van der Waals surface area contributed by atoms with Gasteiger partial charge >= 0.3 is 0 Å². The molecule has 1 aromatic heterocycles. The number of aryl methyl sites for hydroxylation is 2. The SMILES string of the molecule is Cc1nn(C)c(Cl)c1CNC1(CCl)CCCCC1. The van der Waals surface area contributed by atoms with E-state index in [-0.39, 0.29) is 5.54 Å². The first-order chi connectivity index (χ1) is 8.58. The summed E-state index contributed by atoms with van der Waals surface area (Å²) in [6.07, 6.45) is 6.17. The third kappa shape index (κ3) is 2.84. The summed E-state index contributed by atoms with van der Waals surface area (Å²) in [4.78, 5) is 0. The van der Waals surface area contributed by atoms with Crippen molar-refractivity contribution in [2.75, 3.05) is 5.88 Å². The Morgan fingerprint density at radius 3 is 2.50 bits per heavy atom. The molecular formula is C13H21Cl2N3. The summed E-state index contributed by atoms with van der Waals surface area (Å²) in [5.41, 5.74) is 2.18. The number of hydrogen-bond acceptors (Lipinski definition) is 2. The van der Waals surface area contributed by atoms with Gasteiger partial charge in [0.05, 0.1) is 5.69 Å². The van der Waals surface area contributed by atoms with E-state index < -0.39 is 0 Å². The van der Waals surface area contributed by atoms with E-state index in [0.717, 1.165) is 35.8 Å². The average Bonchev–Trinajstić information content (AvgIpc) is 2.62. The van der Waals surface area contributed by atoms with Gasteiger partial charge in [0.1, 0.15) is 5.15 Å². The molecule has 0 aromatic carbocycles. The first-order valence-corrected chi connectivity index (χ1v) is 7.48. The highest BCUT2D eigenvalue weighted by molar-refractivity contribution is 6.30. The van der Waals surface area contributed by atoms with Gasteiger partial charge in [-0.3, -0.25) is 4.68 Å². The molecule has 0 unspecified atom stereocenters. The molecular weight excluding hydrogens is 269 g/mol. The maximum atomic E-state index is 6.25. The van der Waals surface area contributed by atoms with E-state index in [1.54, 1.807) is 4.68 Å². The molecule has 5 heteroatoms. The molecule has 0 aliphatic heterocycles. The van der Waals surface area contributed by atoms with Crippen LogP contribution < -0.4 is 5.32 Å². The monoisotopic (exact) mass is 289 g/mol. The fourth-order valence-electron chi connectivity index (χ4n) is 2.74. The zero-order valence-corrected chi connectivity index (χ0v) is 12.6. The summed E-state index contributed by atoms with van der Waals surface area (Å²) in [7, 11) is 1.87. The quantitative estimate of drug-likeness (QED) is 0.861. The van der Waals surface area contributed by atoms with Gasteiger partial charge in [0.25, 0.3) is 0 Å². The Hall–Kier alpha value is -0.250. The first-order valence-electron chi connectivity index (χ1n) is 6.57. The van der Waals surface area contributed by atoms with Crippen LogP contribution in [0.5, 0.6) is 0 Å². The molecule has 0 amide bonds. The van der Waals surface area contributed by atoms with Crippen molar-refractivity contribution in [3.63, 3.8) is 0 Å². The van der Waals surface area contributed by atoms with Gasteiger partial charge in [-0.1, -0.05) is 30.9 Å². The molecule has 0 atom stereocenters. The molecule has 1 aliphatic carbocycles. The smallest absolute Gasteiger partial charge is 0.131 e. The van der Waals surface area contributed by atoms with Gasteiger partial charge in [-0.05, 0) is 19.8 Å². The van der Waals surface area contributed by atoms with Crippen LogP contribution >= 0.6 is 23.2 Å². The van der Waals surface area contributed by atoms with Crippen molar-refractivity contribution in [2.24, 2.45) is 7.05 Å². The molecule has 2 rings (SSSR count). The molecule has 3 nitrogen and oxygen atoms in total. The van der Waals surface area contributed by atoms with Crippen LogP contribution in [0, 0.1) is 6.92 Å². The summed E-state index contributed by atoms with van der Waals surface area (Å²) in [6.45, 7) is 2.75.